The smallest absolute Gasteiger partial charge is 0.338 e. The molecule has 3 aliphatic rings. The summed E-state index contributed by atoms with van der Waals surface area (Å²) in [5.74, 6) is -5.42. The summed E-state index contributed by atoms with van der Waals surface area (Å²) in [6, 6.07) is 19.5. The molecule has 2 fully saturated rings. The number of nitrogens with zero attached hydrogens (tertiary/aromatic N) is 1. The van der Waals surface area contributed by atoms with E-state index in [1.807, 2.05) is 19.1 Å². The van der Waals surface area contributed by atoms with Crippen molar-refractivity contribution in [3.63, 3.8) is 0 Å². The highest BCUT2D eigenvalue weighted by Crippen LogP contribution is 2.57. The second kappa shape index (κ2) is 8.56. The van der Waals surface area contributed by atoms with Crippen LogP contribution in [0.5, 0.6) is 0 Å². The molecule has 1 aliphatic carbocycles. The molecule has 6 rings (SSSR count). The molecule has 2 aliphatic heterocycles. The molecule has 190 valence electrons. The van der Waals surface area contributed by atoms with Crippen LogP contribution in [-0.4, -0.2) is 41.6 Å². The Bertz CT molecular complexity index is 1490. The van der Waals surface area contributed by atoms with Crippen LogP contribution in [0.25, 0.3) is 0 Å². The lowest BCUT2D eigenvalue weighted by molar-refractivity contribution is -0.127. The highest BCUT2D eigenvalue weighted by Gasteiger charge is 2.74. The van der Waals surface area contributed by atoms with Crippen molar-refractivity contribution in [3.8, 4) is 0 Å². The zero-order valence-electron chi connectivity index (χ0n) is 20.7. The fourth-order valence-electron chi connectivity index (χ4n) is 5.79. The summed E-state index contributed by atoms with van der Waals surface area (Å²) in [6.45, 7) is 3.81. The maximum Gasteiger partial charge on any atom is 0.338 e. The number of aryl methyl sites for hydroxylation is 1. The second-order valence-corrected chi connectivity index (χ2v) is 9.67. The number of imide groups is 1. The standard InChI is InChI=1S/C30H23NO7/c1-3-37-29(36)18-12-14-19(15-13-18)31-27(34)22-23(28(31)35)30(38-24(22)17-10-8-16(2)9-11-17)25(32)20-6-4-5-7-21(20)26(30)33/h4-15,22-24H,3H2,1-2H3/t22-,23-,24+/m0/s1. The van der Waals surface area contributed by atoms with Crippen LogP contribution in [0.15, 0.2) is 72.8 Å². The van der Waals surface area contributed by atoms with Crippen molar-refractivity contribution in [1.82, 2.24) is 0 Å². The van der Waals surface area contributed by atoms with E-state index in [9.17, 15) is 24.0 Å². The van der Waals surface area contributed by atoms with Gasteiger partial charge in [-0.15, -0.1) is 0 Å². The fourth-order valence-corrected chi connectivity index (χ4v) is 5.79. The molecule has 2 heterocycles. The number of hydrogen-bond donors (Lipinski definition) is 0. The second-order valence-electron chi connectivity index (χ2n) is 9.67. The van der Waals surface area contributed by atoms with Crippen molar-refractivity contribution in [2.24, 2.45) is 11.8 Å². The van der Waals surface area contributed by atoms with Crippen molar-refractivity contribution >= 4 is 35.0 Å². The highest BCUT2D eigenvalue weighted by atomic mass is 16.5. The fraction of sp³-hybridized carbons (Fsp3) is 0.233. The molecule has 0 unspecified atom stereocenters. The van der Waals surface area contributed by atoms with E-state index in [1.54, 1.807) is 31.2 Å². The number of rotatable bonds is 4. The lowest BCUT2D eigenvalue weighted by atomic mass is 9.77. The molecular formula is C30H23NO7. The van der Waals surface area contributed by atoms with Gasteiger partial charge < -0.3 is 9.47 Å². The van der Waals surface area contributed by atoms with Gasteiger partial charge in [-0.1, -0.05) is 54.1 Å². The van der Waals surface area contributed by atoms with E-state index in [0.29, 0.717) is 5.56 Å². The summed E-state index contributed by atoms with van der Waals surface area (Å²) in [6.07, 6.45) is -0.983. The van der Waals surface area contributed by atoms with Gasteiger partial charge in [-0.25, -0.2) is 9.69 Å². The zero-order chi connectivity index (χ0) is 26.8. The van der Waals surface area contributed by atoms with Crippen LogP contribution in [0.3, 0.4) is 0 Å². The molecule has 0 N–H and O–H groups in total. The average Bonchev–Trinajstić information content (AvgIpc) is 3.49. The van der Waals surface area contributed by atoms with Crippen LogP contribution in [0, 0.1) is 18.8 Å². The van der Waals surface area contributed by atoms with Gasteiger partial charge in [0.05, 0.1) is 35.8 Å². The maximum absolute atomic E-state index is 14.0. The maximum atomic E-state index is 14.0. The molecule has 3 aromatic rings. The Morgan fingerprint density at radius 2 is 1.47 bits per heavy atom. The molecule has 0 radical (unpaired) electrons. The third-order valence-electron chi connectivity index (χ3n) is 7.56. The van der Waals surface area contributed by atoms with Crippen LogP contribution in [0.2, 0.25) is 0 Å². The van der Waals surface area contributed by atoms with Gasteiger partial charge in [0.25, 0.3) is 0 Å². The van der Waals surface area contributed by atoms with Gasteiger partial charge in [0.1, 0.15) is 0 Å². The lowest BCUT2D eigenvalue weighted by Gasteiger charge is -2.27. The Morgan fingerprint density at radius 1 is 0.868 bits per heavy atom. The first-order valence-corrected chi connectivity index (χ1v) is 12.4. The van der Waals surface area contributed by atoms with E-state index in [1.165, 1.54) is 36.4 Å². The molecule has 8 nitrogen and oxygen atoms in total. The van der Waals surface area contributed by atoms with Crippen molar-refractivity contribution < 1.29 is 33.4 Å². The van der Waals surface area contributed by atoms with E-state index in [-0.39, 0.29) is 29.0 Å². The predicted octanol–water partition coefficient (Wildman–Crippen LogP) is 3.87. The molecule has 0 aromatic heterocycles. The summed E-state index contributed by atoms with van der Waals surface area (Å²) >= 11 is 0. The molecule has 2 saturated heterocycles. The minimum absolute atomic E-state index is 0.179. The SMILES string of the molecule is CCOC(=O)c1ccc(N2C(=O)[C@@H]3[C@@H](c4ccc(C)cc4)OC4(C(=O)c5ccccc5C4=O)[C@@H]3C2=O)cc1. The van der Waals surface area contributed by atoms with Crippen molar-refractivity contribution in [3.05, 3.63) is 101 Å². The number of Topliss-reactive ketones (excluding diaryl/α,β-unsaturated/α-hetero) is 2. The van der Waals surface area contributed by atoms with E-state index < -0.39 is 52.9 Å². The van der Waals surface area contributed by atoms with Gasteiger partial charge in [0.15, 0.2) is 0 Å². The van der Waals surface area contributed by atoms with Crippen LogP contribution >= 0.6 is 0 Å². The van der Waals surface area contributed by atoms with Gasteiger partial charge in [-0.05, 0) is 43.7 Å². The topological polar surface area (TPSA) is 107 Å². The third-order valence-corrected chi connectivity index (χ3v) is 7.56. The number of esters is 1. The Labute approximate surface area is 218 Å². The summed E-state index contributed by atoms with van der Waals surface area (Å²) in [5.41, 5.74) is 0.308. The third kappa shape index (κ3) is 3.16. The normalized spacial score (nSPS) is 23.2. The molecule has 8 heteroatoms. The summed E-state index contributed by atoms with van der Waals surface area (Å²) in [4.78, 5) is 68.6. The molecule has 3 aromatic carbocycles. The summed E-state index contributed by atoms with van der Waals surface area (Å²) in [7, 11) is 0. The monoisotopic (exact) mass is 509 g/mol. The quantitative estimate of drug-likeness (QED) is 0.299. The number of fused-ring (bicyclic) bond motifs is 3. The molecule has 3 atom stereocenters. The van der Waals surface area contributed by atoms with E-state index in [0.717, 1.165) is 10.5 Å². The van der Waals surface area contributed by atoms with Crippen LogP contribution in [0.4, 0.5) is 5.69 Å². The van der Waals surface area contributed by atoms with E-state index in [2.05, 4.69) is 0 Å². The van der Waals surface area contributed by atoms with E-state index in [4.69, 9.17) is 9.47 Å². The molecule has 1 spiro atoms. The van der Waals surface area contributed by atoms with Crippen LogP contribution in [0.1, 0.15) is 55.2 Å². The largest absolute Gasteiger partial charge is 0.462 e. The number of ether oxygens (including phenoxy) is 2. The van der Waals surface area contributed by atoms with Crippen molar-refractivity contribution in [1.29, 1.82) is 0 Å². The Morgan fingerprint density at radius 3 is 2.05 bits per heavy atom. The first-order chi connectivity index (χ1) is 18.3. The van der Waals surface area contributed by atoms with E-state index >= 15 is 0 Å². The van der Waals surface area contributed by atoms with Gasteiger partial charge in [0, 0.05) is 11.1 Å². The molecular weight excluding hydrogens is 486 g/mol. The minimum atomic E-state index is -2.13. The number of carbonyl (C=O) groups is 5. The average molecular weight is 510 g/mol. The van der Waals surface area contributed by atoms with Gasteiger partial charge in [-0.3, -0.25) is 19.2 Å². The first-order valence-electron chi connectivity index (χ1n) is 12.4. The lowest BCUT2D eigenvalue weighted by Crippen LogP contribution is -2.51. The summed E-state index contributed by atoms with van der Waals surface area (Å²) < 4.78 is 11.3. The van der Waals surface area contributed by atoms with Gasteiger partial charge in [-0.2, -0.15) is 0 Å². The minimum Gasteiger partial charge on any atom is -0.462 e. The van der Waals surface area contributed by atoms with Crippen LogP contribution < -0.4 is 4.90 Å². The Hall–Kier alpha value is -4.43. The first kappa shape index (κ1) is 23.9. The molecule has 2 amide bonds. The molecule has 0 bridgehead atoms. The summed E-state index contributed by atoms with van der Waals surface area (Å²) in [5, 5.41) is 0. The molecule has 0 saturated carbocycles. The predicted molar refractivity (Wildman–Crippen MR) is 135 cm³/mol. The van der Waals surface area contributed by atoms with Gasteiger partial charge >= 0.3 is 5.97 Å². The highest BCUT2D eigenvalue weighted by molar-refractivity contribution is 6.37. The molecule has 38 heavy (non-hydrogen) atoms. The number of ketones is 2. The number of benzene rings is 3. The number of hydrogen-bond acceptors (Lipinski definition) is 7. The number of anilines is 1. The van der Waals surface area contributed by atoms with Crippen LogP contribution in [-0.2, 0) is 19.1 Å². The van der Waals surface area contributed by atoms with Crippen molar-refractivity contribution in [2.75, 3.05) is 11.5 Å². The number of amides is 2. The van der Waals surface area contributed by atoms with Gasteiger partial charge in [0.2, 0.25) is 29.0 Å². The van der Waals surface area contributed by atoms with Crippen molar-refractivity contribution in [2.45, 2.75) is 25.6 Å². The Kier molecular flexibility index (Phi) is 5.39. The number of carbonyl (C=O) groups excluding carboxylic acids is 5. The Balaban J connectivity index is 1.46. The zero-order valence-corrected chi connectivity index (χ0v) is 20.7.